The fraction of sp³-hybridized carbons (Fsp3) is 0.650. The minimum absolute atomic E-state index is 0.00578. The summed E-state index contributed by atoms with van der Waals surface area (Å²) in [5.74, 6) is 0.192. The minimum atomic E-state index is -1.95. The second kappa shape index (κ2) is 7.21. The molecule has 2 heterocycles. The second-order valence-electron chi connectivity index (χ2n) is 8.97. The van der Waals surface area contributed by atoms with Crippen LogP contribution in [0.5, 0.6) is 0 Å². The molecule has 4 atom stereocenters. The smallest absolute Gasteiger partial charge is 0.223 e. The Morgan fingerprint density at radius 2 is 1.81 bits per heavy atom. The summed E-state index contributed by atoms with van der Waals surface area (Å²) in [4.78, 5) is 15.3. The van der Waals surface area contributed by atoms with Gasteiger partial charge in [-0.3, -0.25) is 9.00 Å². The maximum absolute atomic E-state index is 13.2. The predicted molar refractivity (Wildman–Crippen MR) is 108 cm³/mol. The van der Waals surface area contributed by atoms with E-state index in [1.807, 2.05) is 35.2 Å². The Kier molecular flexibility index (Phi) is 5.48. The normalized spacial score (nSPS) is 28.1. The Morgan fingerprint density at radius 1 is 1.15 bits per heavy atom. The van der Waals surface area contributed by atoms with Crippen molar-refractivity contribution in [2.24, 2.45) is 0 Å². The van der Waals surface area contributed by atoms with Gasteiger partial charge >= 0.3 is 0 Å². The van der Waals surface area contributed by atoms with Gasteiger partial charge in [0.25, 0.3) is 0 Å². The molecule has 1 aromatic carbocycles. The van der Waals surface area contributed by atoms with Crippen LogP contribution in [0.3, 0.4) is 0 Å². The van der Waals surface area contributed by atoms with Gasteiger partial charge in [-0.1, -0.05) is 39.0 Å². The molecule has 0 unspecified atom stereocenters. The summed E-state index contributed by atoms with van der Waals surface area (Å²) in [6.07, 6.45) is 2.07. The lowest BCUT2D eigenvalue weighted by Gasteiger charge is -2.45. The topological polar surface area (TPSA) is 46.6 Å². The zero-order valence-electron chi connectivity index (χ0n) is 16.5. The van der Waals surface area contributed by atoms with Gasteiger partial charge in [0, 0.05) is 17.9 Å². The van der Waals surface area contributed by atoms with Crippen molar-refractivity contribution in [1.82, 2.24) is 4.90 Å². The number of nitrogens with zero attached hydrogens (tertiary/aromatic N) is 1. The highest BCUT2D eigenvalue weighted by atomic mass is 32.2. The van der Waals surface area contributed by atoms with Crippen molar-refractivity contribution in [2.75, 3.05) is 6.54 Å². The molecule has 0 N–H and O–H groups in total. The quantitative estimate of drug-likeness (QED) is 0.728. The molecule has 3 rings (SSSR count). The number of amides is 1. The molecule has 2 aliphatic rings. The average molecular weight is 394 g/mol. The van der Waals surface area contributed by atoms with Crippen LogP contribution in [0.4, 0.5) is 0 Å². The number of carbonyl (C=O) groups excluding carboxylic acids is 1. The van der Waals surface area contributed by atoms with E-state index >= 15 is 0 Å². The standard InChI is InChI=1S/C20H31NO3SSi/c1-20(2,3)26(4,5)24-16-11-12-18(22)21-14-13-17(19(16)21)25(23)15-9-7-6-8-10-15/h6-10,16-17,19H,11-14H2,1-5H3/t16-,17+,19+,25+/m0/s1. The molecule has 6 heteroatoms. The van der Waals surface area contributed by atoms with Crippen molar-refractivity contribution in [3.05, 3.63) is 30.3 Å². The van der Waals surface area contributed by atoms with Crippen LogP contribution in [0.15, 0.2) is 35.2 Å². The molecule has 0 bridgehead atoms. The van der Waals surface area contributed by atoms with E-state index in [9.17, 15) is 9.00 Å². The highest BCUT2D eigenvalue weighted by Gasteiger charge is 2.50. The van der Waals surface area contributed by atoms with E-state index in [1.54, 1.807) is 0 Å². The Balaban J connectivity index is 1.87. The number of fused-ring (bicyclic) bond motifs is 1. The highest BCUT2D eigenvalue weighted by molar-refractivity contribution is 7.85. The van der Waals surface area contributed by atoms with Gasteiger partial charge < -0.3 is 9.33 Å². The molecule has 2 aliphatic heterocycles. The average Bonchev–Trinajstić information content (AvgIpc) is 3.02. The first-order valence-electron chi connectivity index (χ1n) is 9.55. The molecule has 26 heavy (non-hydrogen) atoms. The first kappa shape index (κ1) is 19.8. The minimum Gasteiger partial charge on any atom is -0.412 e. The third-order valence-corrected chi connectivity index (χ3v) is 12.5. The van der Waals surface area contributed by atoms with E-state index in [4.69, 9.17) is 4.43 Å². The number of rotatable bonds is 4. The lowest BCUT2D eigenvalue weighted by molar-refractivity contribution is -0.138. The van der Waals surface area contributed by atoms with Crippen molar-refractivity contribution >= 4 is 25.0 Å². The van der Waals surface area contributed by atoms with Gasteiger partial charge in [0.15, 0.2) is 8.32 Å². The van der Waals surface area contributed by atoms with Gasteiger partial charge in [0.05, 0.1) is 28.2 Å². The zero-order chi connectivity index (χ0) is 19.1. The maximum Gasteiger partial charge on any atom is 0.223 e. The van der Waals surface area contributed by atoms with Gasteiger partial charge in [-0.05, 0) is 43.1 Å². The fourth-order valence-electron chi connectivity index (χ4n) is 3.74. The summed E-state index contributed by atoms with van der Waals surface area (Å²) in [6.45, 7) is 11.9. The molecule has 2 saturated heterocycles. The van der Waals surface area contributed by atoms with Crippen molar-refractivity contribution in [3.8, 4) is 0 Å². The number of hydrogen-bond donors (Lipinski definition) is 0. The lowest BCUT2D eigenvalue weighted by Crippen LogP contribution is -2.57. The molecule has 2 fully saturated rings. The number of piperidine rings is 1. The molecule has 1 aromatic rings. The van der Waals surface area contributed by atoms with Crippen LogP contribution in [0, 0.1) is 0 Å². The molecule has 1 amide bonds. The summed E-state index contributed by atoms with van der Waals surface area (Å²) in [5, 5.41) is 0.0720. The van der Waals surface area contributed by atoms with Crippen LogP contribution in [-0.4, -0.2) is 47.3 Å². The van der Waals surface area contributed by atoms with Crippen LogP contribution in [0.25, 0.3) is 0 Å². The van der Waals surface area contributed by atoms with Crippen molar-refractivity contribution in [2.45, 2.75) is 80.5 Å². The monoisotopic (exact) mass is 393 g/mol. The van der Waals surface area contributed by atoms with Crippen molar-refractivity contribution in [3.63, 3.8) is 0 Å². The molecule has 0 radical (unpaired) electrons. The maximum atomic E-state index is 13.2. The van der Waals surface area contributed by atoms with Gasteiger partial charge in [-0.25, -0.2) is 0 Å². The van der Waals surface area contributed by atoms with E-state index in [2.05, 4.69) is 33.9 Å². The van der Waals surface area contributed by atoms with Gasteiger partial charge in [0.2, 0.25) is 5.91 Å². The molecule has 144 valence electrons. The van der Waals surface area contributed by atoms with Crippen LogP contribution in [0.1, 0.15) is 40.0 Å². The van der Waals surface area contributed by atoms with Gasteiger partial charge in [-0.15, -0.1) is 0 Å². The van der Waals surface area contributed by atoms with Crippen LogP contribution in [-0.2, 0) is 20.0 Å². The van der Waals surface area contributed by atoms with Gasteiger partial charge in [-0.2, -0.15) is 0 Å². The first-order valence-corrected chi connectivity index (χ1v) is 13.7. The van der Waals surface area contributed by atoms with E-state index < -0.39 is 19.1 Å². The third kappa shape index (κ3) is 3.69. The Bertz CT molecular complexity index is 686. The largest absolute Gasteiger partial charge is 0.412 e. The molecule has 4 nitrogen and oxygen atoms in total. The Morgan fingerprint density at radius 3 is 2.42 bits per heavy atom. The summed E-state index contributed by atoms with van der Waals surface area (Å²) in [5.41, 5.74) is 0. The van der Waals surface area contributed by atoms with E-state index in [-0.39, 0.29) is 28.3 Å². The predicted octanol–water partition coefficient (Wildman–Crippen LogP) is 3.95. The van der Waals surface area contributed by atoms with Crippen LogP contribution in [0.2, 0.25) is 18.1 Å². The number of carbonyl (C=O) groups is 1. The number of hydrogen-bond acceptors (Lipinski definition) is 3. The summed E-state index contributed by atoms with van der Waals surface area (Å²) in [7, 11) is -3.08. The molecule has 0 aliphatic carbocycles. The zero-order valence-corrected chi connectivity index (χ0v) is 18.3. The van der Waals surface area contributed by atoms with Crippen molar-refractivity contribution < 1.29 is 13.4 Å². The van der Waals surface area contributed by atoms with E-state index in [1.165, 1.54) is 0 Å². The lowest BCUT2D eigenvalue weighted by atomic mass is 9.98. The van der Waals surface area contributed by atoms with Crippen LogP contribution >= 0.6 is 0 Å². The summed E-state index contributed by atoms with van der Waals surface area (Å²) < 4.78 is 20.0. The van der Waals surface area contributed by atoms with Gasteiger partial charge in [0.1, 0.15) is 0 Å². The fourth-order valence-corrected chi connectivity index (χ4v) is 6.78. The Hall–Kier alpha value is -0.983. The Labute approximate surface area is 160 Å². The molecule has 0 saturated carbocycles. The van der Waals surface area contributed by atoms with E-state index in [0.29, 0.717) is 13.0 Å². The highest BCUT2D eigenvalue weighted by Crippen LogP contribution is 2.41. The molecular weight excluding hydrogens is 362 g/mol. The molecule has 0 spiro atoms. The molecule has 0 aromatic heterocycles. The third-order valence-electron chi connectivity index (χ3n) is 6.24. The second-order valence-corrected chi connectivity index (χ2v) is 15.4. The summed E-state index contributed by atoms with van der Waals surface area (Å²) in [6, 6.07) is 9.58. The van der Waals surface area contributed by atoms with E-state index in [0.717, 1.165) is 17.7 Å². The van der Waals surface area contributed by atoms with Crippen molar-refractivity contribution in [1.29, 1.82) is 0 Å². The summed E-state index contributed by atoms with van der Waals surface area (Å²) >= 11 is 0. The van der Waals surface area contributed by atoms with Crippen LogP contribution < -0.4 is 0 Å². The number of benzene rings is 1. The first-order chi connectivity index (χ1) is 12.1. The molecular formula is C20H31NO3SSi. The SMILES string of the molecule is CC(C)(C)[Si](C)(C)O[C@H]1CCC(=O)N2CC[C@@H]([S@](=O)c3ccccc3)[C@@H]12.